The molecule has 0 saturated carbocycles. The third kappa shape index (κ3) is 2.10. The summed E-state index contributed by atoms with van der Waals surface area (Å²) in [7, 11) is 1.31. The van der Waals surface area contributed by atoms with Crippen molar-refractivity contribution in [2.75, 3.05) is 7.11 Å². The SMILES string of the molecule is COS(=O)c1cccc(F)c1. The molecule has 0 fully saturated rings. The topological polar surface area (TPSA) is 26.3 Å². The zero-order chi connectivity index (χ0) is 8.27. The lowest BCUT2D eigenvalue weighted by Crippen LogP contribution is -1.92. The Labute approximate surface area is 66.7 Å². The van der Waals surface area contributed by atoms with Gasteiger partial charge < -0.3 is 0 Å². The van der Waals surface area contributed by atoms with Crippen molar-refractivity contribution in [3.05, 3.63) is 30.1 Å². The fourth-order valence-electron chi connectivity index (χ4n) is 0.667. The maximum Gasteiger partial charge on any atom is 0.188 e. The maximum atomic E-state index is 12.5. The van der Waals surface area contributed by atoms with Crippen LogP contribution >= 0.6 is 0 Å². The van der Waals surface area contributed by atoms with Crippen LogP contribution in [-0.2, 0) is 15.3 Å². The van der Waals surface area contributed by atoms with Gasteiger partial charge in [-0.1, -0.05) is 6.07 Å². The smallest absolute Gasteiger partial charge is 0.188 e. The van der Waals surface area contributed by atoms with Gasteiger partial charge in [0.2, 0.25) is 0 Å². The van der Waals surface area contributed by atoms with Crippen molar-refractivity contribution in [2.24, 2.45) is 0 Å². The molecule has 2 nitrogen and oxygen atoms in total. The monoisotopic (exact) mass is 174 g/mol. The zero-order valence-corrected chi connectivity index (χ0v) is 6.73. The molecule has 60 valence electrons. The largest absolute Gasteiger partial charge is 0.290 e. The predicted octanol–water partition coefficient (Wildman–Crippen LogP) is 1.49. The van der Waals surface area contributed by atoms with E-state index in [1.807, 2.05) is 0 Å². The second kappa shape index (κ2) is 3.59. The molecule has 0 aliphatic rings. The molecule has 0 aliphatic carbocycles. The Morgan fingerprint density at radius 2 is 2.27 bits per heavy atom. The van der Waals surface area contributed by atoms with E-state index in [1.54, 1.807) is 6.07 Å². The van der Waals surface area contributed by atoms with E-state index < -0.39 is 16.9 Å². The van der Waals surface area contributed by atoms with Crippen molar-refractivity contribution >= 4 is 11.1 Å². The molecular weight excluding hydrogens is 167 g/mol. The standard InChI is InChI=1S/C7H7FO2S/c1-10-11(9)7-4-2-3-6(8)5-7/h2-5H,1H3. The molecule has 0 saturated heterocycles. The molecule has 1 aromatic carbocycles. The Morgan fingerprint density at radius 1 is 1.55 bits per heavy atom. The summed E-state index contributed by atoms with van der Waals surface area (Å²) >= 11 is -1.54. The van der Waals surface area contributed by atoms with Crippen molar-refractivity contribution in [3.8, 4) is 0 Å². The number of hydrogen-bond acceptors (Lipinski definition) is 2. The van der Waals surface area contributed by atoms with E-state index in [0.29, 0.717) is 4.90 Å². The number of benzene rings is 1. The Bertz CT molecular complexity index is 275. The lowest BCUT2D eigenvalue weighted by atomic mass is 10.4. The molecule has 4 heteroatoms. The molecule has 1 atom stereocenters. The van der Waals surface area contributed by atoms with Crippen LogP contribution in [0.5, 0.6) is 0 Å². The van der Waals surface area contributed by atoms with Crippen LogP contribution in [0.1, 0.15) is 0 Å². The first-order valence-corrected chi connectivity index (χ1v) is 4.03. The average molecular weight is 174 g/mol. The quantitative estimate of drug-likeness (QED) is 0.679. The summed E-state index contributed by atoms with van der Waals surface area (Å²) in [6.45, 7) is 0. The van der Waals surface area contributed by atoms with Crippen LogP contribution in [0.25, 0.3) is 0 Å². The fourth-order valence-corrected chi connectivity index (χ4v) is 1.26. The Hall–Kier alpha value is -0.740. The summed E-state index contributed by atoms with van der Waals surface area (Å²) in [6.07, 6.45) is 0. The van der Waals surface area contributed by atoms with Gasteiger partial charge in [-0.15, -0.1) is 0 Å². The van der Waals surface area contributed by atoms with Crippen molar-refractivity contribution in [1.29, 1.82) is 0 Å². The van der Waals surface area contributed by atoms with Gasteiger partial charge in [-0.3, -0.25) is 4.18 Å². The van der Waals surface area contributed by atoms with Crippen molar-refractivity contribution < 1.29 is 12.8 Å². The molecule has 0 aliphatic heterocycles. The zero-order valence-electron chi connectivity index (χ0n) is 5.91. The third-order valence-corrected chi connectivity index (χ3v) is 2.08. The van der Waals surface area contributed by atoms with E-state index in [-0.39, 0.29) is 0 Å². The van der Waals surface area contributed by atoms with Crippen molar-refractivity contribution in [2.45, 2.75) is 4.90 Å². The molecule has 0 spiro atoms. The average Bonchev–Trinajstić information content (AvgIpc) is 2.03. The summed E-state index contributed by atoms with van der Waals surface area (Å²) < 4.78 is 27.9. The van der Waals surface area contributed by atoms with Crippen molar-refractivity contribution in [1.82, 2.24) is 0 Å². The molecule has 1 unspecified atom stereocenters. The summed E-state index contributed by atoms with van der Waals surface area (Å²) in [4.78, 5) is 0.340. The van der Waals surface area contributed by atoms with Crippen LogP contribution in [0, 0.1) is 5.82 Å². The lowest BCUT2D eigenvalue weighted by molar-refractivity contribution is 0.445. The predicted molar refractivity (Wildman–Crippen MR) is 39.8 cm³/mol. The molecule has 0 bridgehead atoms. The number of hydrogen-bond donors (Lipinski definition) is 0. The molecule has 0 N–H and O–H groups in total. The first-order chi connectivity index (χ1) is 5.24. The number of halogens is 1. The molecule has 1 aromatic rings. The van der Waals surface area contributed by atoms with Gasteiger partial charge in [-0.25, -0.2) is 8.60 Å². The van der Waals surface area contributed by atoms with Gasteiger partial charge in [0.1, 0.15) is 5.82 Å². The van der Waals surface area contributed by atoms with Gasteiger partial charge in [0.05, 0.1) is 12.0 Å². The van der Waals surface area contributed by atoms with Gasteiger partial charge in [0.25, 0.3) is 0 Å². The minimum Gasteiger partial charge on any atom is -0.290 e. The highest BCUT2D eigenvalue weighted by molar-refractivity contribution is 7.80. The first-order valence-electron chi connectivity index (χ1n) is 2.96. The van der Waals surface area contributed by atoms with Crippen LogP contribution in [-0.4, -0.2) is 11.3 Å². The second-order valence-corrected chi connectivity index (χ2v) is 3.13. The van der Waals surface area contributed by atoms with Crippen LogP contribution in [0.3, 0.4) is 0 Å². The van der Waals surface area contributed by atoms with E-state index in [0.717, 1.165) is 0 Å². The highest BCUT2D eigenvalue weighted by atomic mass is 32.2. The van der Waals surface area contributed by atoms with Crippen LogP contribution in [0.4, 0.5) is 4.39 Å². The molecule has 11 heavy (non-hydrogen) atoms. The van der Waals surface area contributed by atoms with E-state index in [4.69, 9.17) is 0 Å². The number of rotatable bonds is 2. The summed E-state index contributed by atoms with van der Waals surface area (Å²) in [6, 6.07) is 5.50. The maximum absolute atomic E-state index is 12.5. The summed E-state index contributed by atoms with van der Waals surface area (Å²) in [5.41, 5.74) is 0. The Balaban J connectivity index is 2.96. The minimum absolute atomic E-state index is 0.340. The molecular formula is C7H7FO2S. The molecule has 0 amide bonds. The Kier molecular flexibility index (Phi) is 2.73. The van der Waals surface area contributed by atoms with Gasteiger partial charge in [0, 0.05) is 0 Å². The van der Waals surface area contributed by atoms with E-state index >= 15 is 0 Å². The normalized spacial score (nSPS) is 12.9. The molecule has 0 heterocycles. The van der Waals surface area contributed by atoms with Gasteiger partial charge in [0.15, 0.2) is 11.1 Å². The minimum atomic E-state index is -1.54. The van der Waals surface area contributed by atoms with E-state index in [2.05, 4.69) is 4.18 Å². The second-order valence-electron chi connectivity index (χ2n) is 1.86. The molecule has 1 rings (SSSR count). The van der Waals surface area contributed by atoms with Crippen LogP contribution in [0.2, 0.25) is 0 Å². The van der Waals surface area contributed by atoms with E-state index in [1.165, 1.54) is 25.3 Å². The third-order valence-electron chi connectivity index (χ3n) is 1.14. The van der Waals surface area contributed by atoms with Crippen LogP contribution in [0.15, 0.2) is 29.2 Å². The Morgan fingerprint density at radius 3 is 2.82 bits per heavy atom. The summed E-state index contributed by atoms with van der Waals surface area (Å²) in [5.74, 6) is -0.409. The first kappa shape index (κ1) is 8.36. The van der Waals surface area contributed by atoms with Gasteiger partial charge in [-0.05, 0) is 18.2 Å². The van der Waals surface area contributed by atoms with Gasteiger partial charge >= 0.3 is 0 Å². The van der Waals surface area contributed by atoms with Gasteiger partial charge in [-0.2, -0.15) is 0 Å². The molecule has 0 aromatic heterocycles. The lowest BCUT2D eigenvalue weighted by Gasteiger charge is -1.96. The molecule has 0 radical (unpaired) electrons. The summed E-state index contributed by atoms with van der Waals surface area (Å²) in [5, 5.41) is 0. The highest BCUT2D eigenvalue weighted by Crippen LogP contribution is 2.08. The van der Waals surface area contributed by atoms with Crippen LogP contribution < -0.4 is 0 Å². The fraction of sp³-hybridized carbons (Fsp3) is 0.143. The highest BCUT2D eigenvalue weighted by Gasteiger charge is 2.01. The van der Waals surface area contributed by atoms with E-state index in [9.17, 15) is 8.60 Å². The van der Waals surface area contributed by atoms with Crippen molar-refractivity contribution in [3.63, 3.8) is 0 Å².